The summed E-state index contributed by atoms with van der Waals surface area (Å²) in [6.45, 7) is 3.08. The largest absolute Gasteiger partial charge is 0.362 e. The maximum Gasteiger partial charge on any atom is 0.182 e. The van der Waals surface area contributed by atoms with Crippen molar-refractivity contribution < 1.29 is 0 Å². The van der Waals surface area contributed by atoms with Gasteiger partial charge in [0.25, 0.3) is 0 Å². The highest BCUT2D eigenvalue weighted by Crippen LogP contribution is 2.36. The fraction of sp³-hybridized carbons (Fsp3) is 0.727. The van der Waals surface area contributed by atoms with Crippen LogP contribution in [-0.4, -0.2) is 11.5 Å². The molecule has 1 saturated carbocycles. The number of hydrogen-bond acceptors (Lipinski definition) is 3. The van der Waals surface area contributed by atoms with E-state index in [1.807, 2.05) is 11.3 Å². The van der Waals surface area contributed by atoms with Crippen LogP contribution in [0.1, 0.15) is 49.8 Å². The molecule has 0 saturated heterocycles. The molecule has 1 aromatic rings. The Morgan fingerprint density at radius 1 is 1.43 bits per heavy atom. The summed E-state index contributed by atoms with van der Waals surface area (Å²) in [5, 5.41) is 4.37. The van der Waals surface area contributed by atoms with Gasteiger partial charge in [-0.25, -0.2) is 4.98 Å². The molecule has 1 N–H and O–H groups in total. The third-order valence-corrected chi connectivity index (χ3v) is 3.98. The molecule has 78 valence electrons. The van der Waals surface area contributed by atoms with E-state index in [0.29, 0.717) is 0 Å². The van der Waals surface area contributed by atoms with Crippen LogP contribution in [-0.2, 0) is 0 Å². The van der Waals surface area contributed by atoms with Gasteiger partial charge in [0.2, 0.25) is 0 Å². The number of aromatic nitrogens is 1. The number of nitrogens with zero attached hydrogens (tertiary/aromatic N) is 1. The summed E-state index contributed by atoms with van der Waals surface area (Å²) in [4.78, 5) is 5.88. The topological polar surface area (TPSA) is 24.9 Å². The lowest BCUT2D eigenvalue weighted by Gasteiger charge is -2.19. The molecule has 0 aliphatic heterocycles. The van der Waals surface area contributed by atoms with Crippen LogP contribution in [0.4, 0.5) is 5.13 Å². The van der Waals surface area contributed by atoms with E-state index in [9.17, 15) is 0 Å². The monoisotopic (exact) mass is 210 g/mol. The normalized spacial score (nSPS) is 18.4. The third-order valence-electron chi connectivity index (χ3n) is 2.86. The standard InChI is InChI=1S/C11H18N2S/c1-2-12-11-13-8-10(14-11)9-6-4-3-5-7-9/h8-9H,2-7H2,1H3,(H,12,13). The molecule has 2 nitrogen and oxygen atoms in total. The summed E-state index contributed by atoms with van der Waals surface area (Å²) in [7, 11) is 0. The van der Waals surface area contributed by atoms with Crippen molar-refractivity contribution in [3.8, 4) is 0 Å². The van der Waals surface area contributed by atoms with Crippen LogP contribution >= 0.6 is 11.3 Å². The molecule has 0 amide bonds. The van der Waals surface area contributed by atoms with Crippen molar-refractivity contribution in [2.24, 2.45) is 0 Å². The lowest BCUT2D eigenvalue weighted by atomic mass is 9.89. The molecule has 1 fully saturated rings. The highest BCUT2D eigenvalue weighted by atomic mass is 32.1. The molecule has 14 heavy (non-hydrogen) atoms. The second-order valence-electron chi connectivity index (χ2n) is 3.93. The van der Waals surface area contributed by atoms with Gasteiger partial charge in [-0.05, 0) is 25.7 Å². The van der Waals surface area contributed by atoms with E-state index in [2.05, 4.69) is 23.4 Å². The lowest BCUT2D eigenvalue weighted by molar-refractivity contribution is 0.448. The average Bonchev–Trinajstić information content (AvgIpc) is 2.68. The fourth-order valence-electron chi connectivity index (χ4n) is 2.10. The van der Waals surface area contributed by atoms with Crippen molar-refractivity contribution in [1.29, 1.82) is 0 Å². The van der Waals surface area contributed by atoms with Gasteiger partial charge in [-0.3, -0.25) is 0 Å². The maximum absolute atomic E-state index is 4.39. The highest BCUT2D eigenvalue weighted by Gasteiger charge is 2.17. The molecule has 0 atom stereocenters. The second kappa shape index (κ2) is 4.78. The Bertz CT molecular complexity index is 277. The van der Waals surface area contributed by atoms with Crippen molar-refractivity contribution in [3.05, 3.63) is 11.1 Å². The Balaban J connectivity index is 2.00. The first-order valence-corrected chi connectivity index (χ1v) is 6.41. The van der Waals surface area contributed by atoms with Gasteiger partial charge >= 0.3 is 0 Å². The van der Waals surface area contributed by atoms with Gasteiger partial charge in [0, 0.05) is 17.6 Å². The first-order valence-electron chi connectivity index (χ1n) is 5.59. The van der Waals surface area contributed by atoms with E-state index in [-0.39, 0.29) is 0 Å². The Labute approximate surface area is 89.8 Å². The second-order valence-corrected chi connectivity index (χ2v) is 5.00. The molecule has 3 heteroatoms. The summed E-state index contributed by atoms with van der Waals surface area (Å²) in [5.74, 6) is 0.800. The highest BCUT2D eigenvalue weighted by molar-refractivity contribution is 7.15. The van der Waals surface area contributed by atoms with Crippen molar-refractivity contribution in [1.82, 2.24) is 4.98 Å². The van der Waals surface area contributed by atoms with E-state index in [4.69, 9.17) is 0 Å². The molecule has 0 bridgehead atoms. The Hall–Kier alpha value is -0.570. The van der Waals surface area contributed by atoms with Crippen LogP contribution in [0.3, 0.4) is 0 Å². The van der Waals surface area contributed by atoms with Gasteiger partial charge in [0.1, 0.15) is 0 Å². The van der Waals surface area contributed by atoms with Gasteiger partial charge in [0.15, 0.2) is 5.13 Å². The van der Waals surface area contributed by atoms with Crippen LogP contribution < -0.4 is 5.32 Å². The Kier molecular flexibility index (Phi) is 3.40. The van der Waals surface area contributed by atoms with Gasteiger partial charge in [-0.1, -0.05) is 19.3 Å². The summed E-state index contributed by atoms with van der Waals surface area (Å²) in [6, 6.07) is 0. The van der Waals surface area contributed by atoms with Gasteiger partial charge < -0.3 is 5.32 Å². The molecular weight excluding hydrogens is 192 g/mol. The minimum atomic E-state index is 0.800. The summed E-state index contributed by atoms with van der Waals surface area (Å²) in [5.41, 5.74) is 0. The minimum Gasteiger partial charge on any atom is -0.362 e. The predicted molar refractivity (Wildman–Crippen MR) is 62.1 cm³/mol. The molecule has 1 aliphatic carbocycles. The molecule has 2 rings (SSSR count). The Morgan fingerprint density at radius 2 is 2.21 bits per heavy atom. The molecule has 1 heterocycles. The number of hydrogen-bond donors (Lipinski definition) is 1. The van der Waals surface area contributed by atoms with Crippen molar-refractivity contribution in [3.63, 3.8) is 0 Å². The number of anilines is 1. The van der Waals surface area contributed by atoms with Crippen molar-refractivity contribution in [2.75, 3.05) is 11.9 Å². The molecule has 0 aromatic carbocycles. The first-order chi connectivity index (χ1) is 6.90. The van der Waals surface area contributed by atoms with Crippen LogP contribution in [0, 0.1) is 0 Å². The molecule has 0 unspecified atom stereocenters. The van der Waals surface area contributed by atoms with E-state index in [0.717, 1.165) is 17.6 Å². The molecule has 1 aliphatic rings. The average molecular weight is 210 g/mol. The number of thiazole rings is 1. The van der Waals surface area contributed by atoms with Gasteiger partial charge in [0.05, 0.1) is 0 Å². The third kappa shape index (κ3) is 2.27. The van der Waals surface area contributed by atoms with Gasteiger partial charge in [-0.2, -0.15) is 0 Å². The SMILES string of the molecule is CCNc1ncc(C2CCCCC2)s1. The summed E-state index contributed by atoms with van der Waals surface area (Å²) < 4.78 is 0. The zero-order valence-electron chi connectivity index (χ0n) is 8.75. The number of nitrogens with one attached hydrogen (secondary N) is 1. The Morgan fingerprint density at radius 3 is 2.93 bits per heavy atom. The minimum absolute atomic E-state index is 0.800. The first kappa shape index (κ1) is 9.97. The smallest absolute Gasteiger partial charge is 0.182 e. The maximum atomic E-state index is 4.39. The summed E-state index contributed by atoms with van der Waals surface area (Å²) >= 11 is 1.84. The van der Waals surface area contributed by atoms with Crippen molar-refractivity contribution >= 4 is 16.5 Å². The molecule has 0 radical (unpaired) electrons. The van der Waals surface area contributed by atoms with Crippen LogP contribution in [0.15, 0.2) is 6.20 Å². The lowest BCUT2D eigenvalue weighted by Crippen LogP contribution is -2.02. The quantitative estimate of drug-likeness (QED) is 0.824. The van der Waals surface area contributed by atoms with Crippen molar-refractivity contribution in [2.45, 2.75) is 44.9 Å². The van der Waals surface area contributed by atoms with E-state index >= 15 is 0 Å². The van der Waals surface area contributed by atoms with Crippen LogP contribution in [0.5, 0.6) is 0 Å². The van der Waals surface area contributed by atoms with Gasteiger partial charge in [-0.15, -0.1) is 11.3 Å². The predicted octanol–water partition coefficient (Wildman–Crippen LogP) is 3.62. The molecule has 0 spiro atoms. The molecule has 1 aromatic heterocycles. The number of rotatable bonds is 3. The zero-order valence-corrected chi connectivity index (χ0v) is 9.57. The fourth-order valence-corrected chi connectivity index (χ4v) is 3.15. The van der Waals surface area contributed by atoms with Crippen LogP contribution in [0.2, 0.25) is 0 Å². The van der Waals surface area contributed by atoms with E-state index < -0.39 is 0 Å². The van der Waals surface area contributed by atoms with Crippen LogP contribution in [0.25, 0.3) is 0 Å². The summed E-state index contributed by atoms with van der Waals surface area (Å²) in [6.07, 6.45) is 9.04. The van der Waals surface area contributed by atoms with E-state index in [1.165, 1.54) is 37.0 Å². The zero-order chi connectivity index (χ0) is 9.80. The molecular formula is C11H18N2S. The van der Waals surface area contributed by atoms with E-state index in [1.54, 1.807) is 0 Å².